The van der Waals surface area contributed by atoms with Crippen molar-refractivity contribution in [2.75, 3.05) is 6.61 Å². The minimum absolute atomic E-state index is 0.0419. The molecular formula is C17H17NO2. The Balaban J connectivity index is 1.83. The van der Waals surface area contributed by atoms with Crippen LogP contribution in [0.4, 0.5) is 0 Å². The zero-order chi connectivity index (χ0) is 13.9. The lowest BCUT2D eigenvalue weighted by molar-refractivity contribution is -0.152. The molecule has 3 nitrogen and oxygen atoms in total. The zero-order valence-corrected chi connectivity index (χ0v) is 11.4. The van der Waals surface area contributed by atoms with Gasteiger partial charge in [0.25, 0.3) is 0 Å². The number of aryl methyl sites for hydroxylation is 1. The fourth-order valence-electron chi connectivity index (χ4n) is 2.44. The molecular weight excluding hydrogens is 250 g/mol. The normalized spacial score (nSPS) is 22.4. The van der Waals surface area contributed by atoms with E-state index in [2.05, 4.69) is 5.32 Å². The Labute approximate surface area is 118 Å². The van der Waals surface area contributed by atoms with Gasteiger partial charge in [-0.1, -0.05) is 60.2 Å². The van der Waals surface area contributed by atoms with Crippen LogP contribution in [0, 0.1) is 6.92 Å². The number of esters is 1. The van der Waals surface area contributed by atoms with E-state index >= 15 is 0 Å². The number of ether oxygens (including phenoxy) is 1. The van der Waals surface area contributed by atoms with Crippen molar-refractivity contribution >= 4 is 5.97 Å². The van der Waals surface area contributed by atoms with Gasteiger partial charge in [-0.15, -0.1) is 0 Å². The van der Waals surface area contributed by atoms with Crippen molar-refractivity contribution in [2.24, 2.45) is 0 Å². The zero-order valence-electron chi connectivity index (χ0n) is 11.4. The number of rotatable bonds is 2. The third-order valence-corrected chi connectivity index (χ3v) is 3.61. The molecule has 1 heterocycles. The van der Waals surface area contributed by atoms with Crippen molar-refractivity contribution in [3.05, 3.63) is 71.3 Å². The number of nitrogens with one attached hydrogen (secondary N) is 1. The molecule has 0 aromatic heterocycles. The molecule has 2 aromatic carbocycles. The molecule has 3 heteroatoms. The van der Waals surface area contributed by atoms with Gasteiger partial charge in [0.2, 0.25) is 0 Å². The topological polar surface area (TPSA) is 38.3 Å². The Bertz CT molecular complexity index is 592. The van der Waals surface area contributed by atoms with Crippen molar-refractivity contribution < 1.29 is 9.53 Å². The first kappa shape index (κ1) is 12.9. The summed E-state index contributed by atoms with van der Waals surface area (Å²) in [6.07, 6.45) is 0. The van der Waals surface area contributed by atoms with Crippen LogP contribution in [0.2, 0.25) is 0 Å². The van der Waals surface area contributed by atoms with Gasteiger partial charge in [-0.25, -0.2) is 4.79 Å². The quantitative estimate of drug-likeness (QED) is 0.850. The Morgan fingerprint density at radius 2 is 1.70 bits per heavy atom. The van der Waals surface area contributed by atoms with E-state index in [1.54, 1.807) is 0 Å². The van der Waals surface area contributed by atoms with E-state index in [9.17, 15) is 4.79 Å². The van der Waals surface area contributed by atoms with Gasteiger partial charge in [0.15, 0.2) is 0 Å². The van der Waals surface area contributed by atoms with Crippen molar-refractivity contribution in [3.63, 3.8) is 0 Å². The molecule has 1 aliphatic rings. The van der Waals surface area contributed by atoms with Crippen LogP contribution in [0.25, 0.3) is 0 Å². The van der Waals surface area contributed by atoms with Gasteiger partial charge in [-0.05, 0) is 18.1 Å². The summed E-state index contributed by atoms with van der Waals surface area (Å²) in [5.41, 5.74) is 3.26. The second kappa shape index (κ2) is 5.47. The maximum absolute atomic E-state index is 12.0. The Morgan fingerprint density at radius 1 is 1.00 bits per heavy atom. The van der Waals surface area contributed by atoms with Gasteiger partial charge >= 0.3 is 5.97 Å². The molecule has 102 valence electrons. The molecule has 1 N–H and O–H groups in total. The van der Waals surface area contributed by atoms with E-state index in [0.717, 1.165) is 11.1 Å². The van der Waals surface area contributed by atoms with Crippen molar-refractivity contribution in [1.82, 2.24) is 5.32 Å². The van der Waals surface area contributed by atoms with E-state index in [4.69, 9.17) is 4.74 Å². The van der Waals surface area contributed by atoms with Crippen LogP contribution in [-0.4, -0.2) is 12.6 Å². The highest BCUT2D eigenvalue weighted by Crippen LogP contribution is 2.26. The number of carbonyl (C=O) groups excluding carboxylic acids is 1. The molecule has 1 saturated heterocycles. The lowest BCUT2D eigenvalue weighted by atomic mass is 10.00. The molecule has 0 radical (unpaired) electrons. The summed E-state index contributed by atoms with van der Waals surface area (Å²) in [6.45, 7) is 2.41. The Kier molecular flexibility index (Phi) is 3.52. The molecule has 0 spiro atoms. The van der Waals surface area contributed by atoms with Gasteiger partial charge in [-0.2, -0.15) is 0 Å². The first-order valence-corrected chi connectivity index (χ1v) is 6.78. The van der Waals surface area contributed by atoms with Gasteiger partial charge in [0.05, 0.1) is 6.04 Å². The van der Waals surface area contributed by atoms with Gasteiger partial charge in [-0.3, -0.25) is 5.32 Å². The fourth-order valence-corrected chi connectivity index (χ4v) is 2.44. The van der Waals surface area contributed by atoms with Gasteiger partial charge < -0.3 is 4.74 Å². The largest absolute Gasteiger partial charge is 0.462 e. The van der Waals surface area contributed by atoms with Gasteiger partial charge in [0.1, 0.15) is 12.6 Å². The Hall–Kier alpha value is -2.13. The highest BCUT2D eigenvalue weighted by Gasteiger charge is 2.31. The van der Waals surface area contributed by atoms with Crippen LogP contribution >= 0.6 is 0 Å². The molecule has 3 rings (SSSR count). The summed E-state index contributed by atoms with van der Waals surface area (Å²) < 4.78 is 5.34. The third kappa shape index (κ3) is 2.58. The minimum atomic E-state index is -0.394. The van der Waals surface area contributed by atoms with E-state index in [0.29, 0.717) is 6.61 Å². The summed E-state index contributed by atoms with van der Waals surface area (Å²) in [7, 11) is 0. The van der Waals surface area contributed by atoms with E-state index < -0.39 is 6.04 Å². The minimum Gasteiger partial charge on any atom is -0.462 e. The average Bonchev–Trinajstić information content (AvgIpc) is 2.50. The second-order valence-electron chi connectivity index (χ2n) is 5.10. The molecule has 2 atom stereocenters. The predicted molar refractivity (Wildman–Crippen MR) is 77.2 cm³/mol. The maximum Gasteiger partial charge on any atom is 0.327 e. The smallest absolute Gasteiger partial charge is 0.327 e. The number of hydrogen-bond donors (Lipinski definition) is 1. The Morgan fingerprint density at radius 3 is 2.40 bits per heavy atom. The molecule has 1 fully saturated rings. The van der Waals surface area contributed by atoms with Crippen LogP contribution in [0.5, 0.6) is 0 Å². The summed E-state index contributed by atoms with van der Waals surface area (Å²) in [5, 5.41) is 3.38. The average molecular weight is 267 g/mol. The van der Waals surface area contributed by atoms with Crippen LogP contribution in [-0.2, 0) is 9.53 Å². The van der Waals surface area contributed by atoms with E-state index in [-0.39, 0.29) is 12.0 Å². The number of hydrogen-bond acceptors (Lipinski definition) is 3. The van der Waals surface area contributed by atoms with Crippen LogP contribution in [0.15, 0.2) is 54.6 Å². The second-order valence-corrected chi connectivity index (χ2v) is 5.10. The highest BCUT2D eigenvalue weighted by molar-refractivity contribution is 5.78. The van der Waals surface area contributed by atoms with Crippen molar-refractivity contribution in [1.29, 1.82) is 0 Å². The standard InChI is InChI=1S/C17H17NO2/c1-12-7-9-14(10-8-12)16-17(19)20-11-15(18-16)13-5-3-2-4-6-13/h2-10,15-16,18H,11H2,1H3/t15-,16-/m0/s1. The third-order valence-electron chi connectivity index (χ3n) is 3.61. The first-order valence-electron chi connectivity index (χ1n) is 6.78. The van der Waals surface area contributed by atoms with Crippen LogP contribution in [0.3, 0.4) is 0 Å². The highest BCUT2D eigenvalue weighted by atomic mass is 16.5. The molecule has 0 aliphatic carbocycles. The lowest BCUT2D eigenvalue weighted by Gasteiger charge is -2.30. The molecule has 1 aliphatic heterocycles. The van der Waals surface area contributed by atoms with Crippen molar-refractivity contribution in [2.45, 2.75) is 19.0 Å². The van der Waals surface area contributed by atoms with Gasteiger partial charge in [0, 0.05) is 0 Å². The summed E-state index contributed by atoms with van der Waals surface area (Å²) in [5.74, 6) is -0.207. The number of carbonyl (C=O) groups is 1. The van der Waals surface area contributed by atoms with E-state index in [1.807, 2.05) is 61.5 Å². The SMILES string of the molecule is Cc1ccc([C@@H]2N[C@H](c3ccccc3)COC2=O)cc1. The molecule has 0 amide bonds. The molecule has 2 aromatic rings. The number of benzene rings is 2. The van der Waals surface area contributed by atoms with E-state index in [1.165, 1.54) is 5.56 Å². The molecule has 0 saturated carbocycles. The number of cyclic esters (lactones) is 1. The van der Waals surface area contributed by atoms with Crippen molar-refractivity contribution in [3.8, 4) is 0 Å². The molecule has 0 bridgehead atoms. The van der Waals surface area contributed by atoms with Crippen LogP contribution in [0.1, 0.15) is 28.8 Å². The predicted octanol–water partition coefficient (Wildman–Crippen LogP) is 2.92. The fraction of sp³-hybridized carbons (Fsp3) is 0.235. The first-order chi connectivity index (χ1) is 9.74. The molecule has 0 unspecified atom stereocenters. The summed E-state index contributed by atoms with van der Waals surface area (Å²) >= 11 is 0. The van der Waals surface area contributed by atoms with Crippen LogP contribution < -0.4 is 5.32 Å². The molecule has 20 heavy (non-hydrogen) atoms. The maximum atomic E-state index is 12.0. The lowest BCUT2D eigenvalue weighted by Crippen LogP contribution is -2.41. The summed E-state index contributed by atoms with van der Waals surface area (Å²) in [6, 6.07) is 17.7. The number of morpholine rings is 1. The summed E-state index contributed by atoms with van der Waals surface area (Å²) in [4.78, 5) is 12.0. The monoisotopic (exact) mass is 267 g/mol.